The lowest BCUT2D eigenvalue weighted by atomic mass is 10.0. The standard InChI is InChI=1S/C24H34ClN5O2/c1-7-9-10-13-27-19-14-17(26)11-12-18(19)20-15-21(22(25)29-28-20)32-23(31)30(16(3)8-2)24(4,5)6/h7,11-12,14-16,27H,1,8-10,13,26H2,2-6H3. The van der Waals surface area contributed by atoms with Crippen LogP contribution in [0.3, 0.4) is 0 Å². The molecule has 0 aliphatic heterocycles. The summed E-state index contributed by atoms with van der Waals surface area (Å²) < 4.78 is 5.69. The second kappa shape index (κ2) is 11.2. The Labute approximate surface area is 196 Å². The number of nitrogen functional groups attached to an aromatic ring is 1. The quantitative estimate of drug-likeness (QED) is 0.265. The van der Waals surface area contributed by atoms with Crippen molar-refractivity contribution in [3.63, 3.8) is 0 Å². The second-order valence-electron chi connectivity index (χ2n) is 8.71. The predicted octanol–water partition coefficient (Wildman–Crippen LogP) is 6.16. The third-order valence-electron chi connectivity index (χ3n) is 5.08. The number of nitrogens with one attached hydrogen (secondary N) is 1. The maximum Gasteiger partial charge on any atom is 0.416 e. The van der Waals surface area contributed by atoms with Gasteiger partial charge in [0.1, 0.15) is 0 Å². The van der Waals surface area contributed by atoms with Crippen LogP contribution in [0.5, 0.6) is 5.75 Å². The van der Waals surface area contributed by atoms with Crippen molar-refractivity contribution in [2.75, 3.05) is 17.6 Å². The zero-order chi connectivity index (χ0) is 23.9. The Morgan fingerprint density at radius 3 is 2.69 bits per heavy atom. The molecule has 0 aliphatic rings. The van der Waals surface area contributed by atoms with Crippen LogP contribution in [0.1, 0.15) is 53.9 Å². The summed E-state index contributed by atoms with van der Waals surface area (Å²) in [5, 5.41) is 11.6. The third kappa shape index (κ3) is 6.60. The maximum absolute atomic E-state index is 13.0. The van der Waals surface area contributed by atoms with Crippen molar-refractivity contribution in [3.8, 4) is 17.0 Å². The van der Waals surface area contributed by atoms with Gasteiger partial charge >= 0.3 is 6.09 Å². The molecule has 0 aliphatic carbocycles. The van der Waals surface area contributed by atoms with Crippen molar-refractivity contribution in [3.05, 3.63) is 42.1 Å². The van der Waals surface area contributed by atoms with Gasteiger partial charge < -0.3 is 20.7 Å². The molecular formula is C24H34ClN5O2. The number of ether oxygens (including phenoxy) is 1. The summed E-state index contributed by atoms with van der Waals surface area (Å²) in [5.41, 5.74) is 8.32. The molecule has 1 atom stereocenters. The van der Waals surface area contributed by atoms with E-state index >= 15 is 0 Å². The number of rotatable bonds is 9. The first-order chi connectivity index (χ1) is 15.1. The number of benzene rings is 1. The first-order valence-corrected chi connectivity index (χ1v) is 11.2. The van der Waals surface area contributed by atoms with E-state index in [9.17, 15) is 4.79 Å². The van der Waals surface area contributed by atoms with Gasteiger partial charge in [-0.15, -0.1) is 16.8 Å². The largest absolute Gasteiger partial charge is 0.416 e. The molecule has 32 heavy (non-hydrogen) atoms. The molecule has 0 bridgehead atoms. The fourth-order valence-corrected chi connectivity index (χ4v) is 3.54. The minimum Gasteiger partial charge on any atom is -0.407 e. The van der Waals surface area contributed by atoms with E-state index in [1.54, 1.807) is 17.0 Å². The number of aromatic nitrogens is 2. The third-order valence-corrected chi connectivity index (χ3v) is 5.35. The molecule has 3 N–H and O–H groups in total. The van der Waals surface area contributed by atoms with E-state index in [1.165, 1.54) is 0 Å². The van der Waals surface area contributed by atoms with Gasteiger partial charge in [0, 0.05) is 41.1 Å². The molecule has 1 aromatic carbocycles. The van der Waals surface area contributed by atoms with Crippen LogP contribution in [-0.4, -0.2) is 39.3 Å². The Morgan fingerprint density at radius 1 is 1.34 bits per heavy atom. The highest BCUT2D eigenvalue weighted by Gasteiger charge is 2.32. The summed E-state index contributed by atoms with van der Waals surface area (Å²) >= 11 is 6.23. The van der Waals surface area contributed by atoms with Crippen LogP contribution in [-0.2, 0) is 0 Å². The molecule has 2 aromatic rings. The number of hydrogen-bond acceptors (Lipinski definition) is 6. The lowest BCUT2D eigenvalue weighted by Crippen LogP contribution is -2.51. The molecule has 0 spiro atoms. The number of carbonyl (C=O) groups excluding carboxylic acids is 1. The van der Waals surface area contributed by atoms with Gasteiger partial charge in [-0.1, -0.05) is 24.6 Å². The number of hydrogen-bond donors (Lipinski definition) is 2. The van der Waals surface area contributed by atoms with Crippen LogP contribution in [0.2, 0.25) is 5.15 Å². The van der Waals surface area contributed by atoms with E-state index in [1.807, 2.05) is 52.8 Å². The Morgan fingerprint density at radius 2 is 2.06 bits per heavy atom. The van der Waals surface area contributed by atoms with Crippen LogP contribution in [0.15, 0.2) is 36.9 Å². The highest BCUT2D eigenvalue weighted by molar-refractivity contribution is 6.30. The van der Waals surface area contributed by atoms with E-state index in [-0.39, 0.29) is 16.9 Å². The Kier molecular flexibility index (Phi) is 8.89. The molecule has 0 saturated carbocycles. The smallest absolute Gasteiger partial charge is 0.407 e. The number of nitrogens with zero attached hydrogens (tertiary/aromatic N) is 3. The van der Waals surface area contributed by atoms with Gasteiger partial charge in [-0.2, -0.15) is 0 Å². The fourth-order valence-electron chi connectivity index (χ4n) is 3.40. The average Bonchev–Trinajstić information content (AvgIpc) is 2.72. The maximum atomic E-state index is 13.0. The highest BCUT2D eigenvalue weighted by atomic mass is 35.5. The molecular weight excluding hydrogens is 426 g/mol. The van der Waals surface area contributed by atoms with Gasteiger partial charge in [-0.05, 0) is 65.2 Å². The fraction of sp³-hybridized carbons (Fsp3) is 0.458. The van der Waals surface area contributed by atoms with E-state index in [0.29, 0.717) is 11.4 Å². The van der Waals surface area contributed by atoms with Crippen molar-refractivity contribution in [2.45, 2.75) is 65.5 Å². The van der Waals surface area contributed by atoms with Gasteiger partial charge in [-0.3, -0.25) is 0 Å². The summed E-state index contributed by atoms with van der Waals surface area (Å²) in [5.74, 6) is 0.161. The first-order valence-electron chi connectivity index (χ1n) is 10.9. The highest BCUT2D eigenvalue weighted by Crippen LogP contribution is 2.33. The molecule has 0 radical (unpaired) electrons. The van der Waals surface area contributed by atoms with E-state index in [2.05, 4.69) is 22.1 Å². The Bertz CT molecular complexity index is 942. The van der Waals surface area contributed by atoms with Crippen LogP contribution >= 0.6 is 11.6 Å². The minimum absolute atomic E-state index is 0.000917. The van der Waals surface area contributed by atoms with Crippen molar-refractivity contribution in [1.29, 1.82) is 0 Å². The second-order valence-corrected chi connectivity index (χ2v) is 9.07. The number of halogens is 1. The topological polar surface area (TPSA) is 93.4 Å². The summed E-state index contributed by atoms with van der Waals surface area (Å²) in [6, 6.07) is 7.12. The lowest BCUT2D eigenvalue weighted by molar-refractivity contribution is 0.0798. The summed E-state index contributed by atoms with van der Waals surface area (Å²) in [7, 11) is 0. The van der Waals surface area contributed by atoms with Crippen molar-refractivity contribution < 1.29 is 9.53 Å². The van der Waals surface area contributed by atoms with E-state index < -0.39 is 11.6 Å². The van der Waals surface area contributed by atoms with Gasteiger partial charge in [0.05, 0.1) is 5.69 Å². The number of allylic oxidation sites excluding steroid dienone is 1. The molecule has 2 rings (SSSR count). The summed E-state index contributed by atoms with van der Waals surface area (Å²) in [4.78, 5) is 14.7. The number of anilines is 2. The zero-order valence-electron chi connectivity index (χ0n) is 19.6. The molecule has 174 valence electrons. The van der Waals surface area contributed by atoms with Crippen LogP contribution in [0.4, 0.5) is 16.2 Å². The van der Waals surface area contributed by atoms with Crippen molar-refractivity contribution >= 4 is 29.1 Å². The van der Waals surface area contributed by atoms with Gasteiger partial charge in [0.2, 0.25) is 0 Å². The van der Waals surface area contributed by atoms with Gasteiger partial charge in [-0.25, -0.2) is 4.79 Å². The predicted molar refractivity (Wildman–Crippen MR) is 132 cm³/mol. The SMILES string of the molecule is C=CCCCNc1cc(N)ccc1-c1cc(OC(=O)N(C(C)CC)C(C)(C)C)c(Cl)nn1. The minimum atomic E-state index is -0.479. The molecule has 7 nitrogen and oxygen atoms in total. The van der Waals surface area contributed by atoms with Crippen molar-refractivity contribution in [2.24, 2.45) is 0 Å². The first kappa shape index (κ1) is 25.5. The monoisotopic (exact) mass is 459 g/mol. The number of nitrogens with two attached hydrogens (primary N) is 1. The summed E-state index contributed by atoms with van der Waals surface area (Å²) in [6.07, 6.45) is 4.05. The summed E-state index contributed by atoms with van der Waals surface area (Å²) in [6.45, 7) is 14.4. The molecule has 0 saturated heterocycles. The van der Waals surface area contributed by atoms with Crippen LogP contribution in [0.25, 0.3) is 11.3 Å². The molecule has 1 aromatic heterocycles. The Hall–Kier alpha value is -2.80. The number of amides is 1. The number of unbranched alkanes of at least 4 members (excludes halogenated alkanes) is 1. The zero-order valence-corrected chi connectivity index (χ0v) is 20.4. The van der Waals surface area contributed by atoms with Crippen molar-refractivity contribution in [1.82, 2.24) is 15.1 Å². The van der Waals surface area contributed by atoms with Gasteiger partial charge in [0.15, 0.2) is 10.9 Å². The molecule has 8 heteroatoms. The Balaban J connectivity index is 2.35. The van der Waals surface area contributed by atoms with E-state index in [0.717, 1.165) is 37.1 Å². The lowest BCUT2D eigenvalue weighted by Gasteiger charge is -2.39. The molecule has 1 unspecified atom stereocenters. The van der Waals surface area contributed by atoms with Crippen LogP contribution < -0.4 is 15.8 Å². The van der Waals surface area contributed by atoms with E-state index in [4.69, 9.17) is 22.1 Å². The van der Waals surface area contributed by atoms with Gasteiger partial charge in [0.25, 0.3) is 0 Å². The van der Waals surface area contributed by atoms with Crippen LogP contribution in [0, 0.1) is 0 Å². The molecule has 1 amide bonds. The average molecular weight is 460 g/mol. The molecule has 1 heterocycles. The normalized spacial score (nSPS) is 12.2. The number of carbonyl (C=O) groups is 1. The molecule has 0 fully saturated rings.